The Morgan fingerprint density at radius 3 is 2.74 bits per heavy atom. The van der Waals surface area contributed by atoms with Gasteiger partial charge in [0.05, 0.1) is 7.11 Å². The van der Waals surface area contributed by atoms with Gasteiger partial charge in [-0.1, -0.05) is 32.1 Å². The van der Waals surface area contributed by atoms with Crippen LogP contribution in [0.2, 0.25) is 0 Å². The van der Waals surface area contributed by atoms with Gasteiger partial charge in [0.15, 0.2) is 0 Å². The van der Waals surface area contributed by atoms with Crippen LogP contribution in [0.1, 0.15) is 36.8 Å². The maximum atomic E-state index is 5.20. The van der Waals surface area contributed by atoms with Gasteiger partial charge in [-0.05, 0) is 17.5 Å². The van der Waals surface area contributed by atoms with Crippen LogP contribution in [0.25, 0.3) is 0 Å². The molecule has 0 bridgehead atoms. The van der Waals surface area contributed by atoms with E-state index in [9.17, 15) is 0 Å². The summed E-state index contributed by atoms with van der Waals surface area (Å²) in [5.74, 6) is 1.88. The van der Waals surface area contributed by atoms with Crippen LogP contribution in [0.4, 0.5) is 0 Å². The van der Waals surface area contributed by atoms with E-state index in [-0.39, 0.29) is 0 Å². The van der Waals surface area contributed by atoms with Crippen LogP contribution in [0.15, 0.2) is 24.4 Å². The van der Waals surface area contributed by atoms with Crippen molar-refractivity contribution in [2.24, 2.45) is 0 Å². The molecule has 1 N–H and O–H groups in total. The van der Waals surface area contributed by atoms with E-state index < -0.39 is 0 Å². The Kier molecular flexibility index (Phi) is 4.27. The van der Waals surface area contributed by atoms with Crippen LogP contribution in [-0.2, 0) is 6.42 Å². The smallest absolute Gasteiger partial charge is 0.212 e. The van der Waals surface area contributed by atoms with Crippen molar-refractivity contribution >= 4 is 12.2 Å². The largest absolute Gasteiger partial charge is 0.481 e. The summed E-state index contributed by atoms with van der Waals surface area (Å²) in [5, 5.41) is 0. The number of nitrogens with zero attached hydrogens (tertiary/aromatic N) is 2. The number of aromatic amines is 1. The molecule has 2 aromatic heterocycles. The fourth-order valence-electron chi connectivity index (χ4n) is 1.75. The highest BCUT2D eigenvalue weighted by Gasteiger charge is 2.04. The lowest BCUT2D eigenvalue weighted by atomic mass is 10.1. The minimum Gasteiger partial charge on any atom is -0.481 e. The Hall–Kier alpha value is -1.75. The van der Waals surface area contributed by atoms with Gasteiger partial charge >= 0.3 is 0 Å². The van der Waals surface area contributed by atoms with E-state index in [0.717, 1.165) is 17.1 Å². The summed E-state index contributed by atoms with van der Waals surface area (Å²) in [7, 11) is 1.60. The topological polar surface area (TPSA) is 50.8 Å². The predicted octanol–water partition coefficient (Wildman–Crippen LogP) is 3.26. The summed E-state index contributed by atoms with van der Waals surface area (Å²) in [6.45, 7) is 4.25. The van der Waals surface area contributed by atoms with Gasteiger partial charge in [0.2, 0.25) is 5.88 Å². The van der Waals surface area contributed by atoms with E-state index in [1.807, 2.05) is 18.2 Å². The molecule has 0 spiro atoms. The van der Waals surface area contributed by atoms with Gasteiger partial charge in [-0.25, -0.2) is 9.97 Å². The quantitative estimate of drug-likeness (QED) is 0.870. The van der Waals surface area contributed by atoms with Gasteiger partial charge < -0.3 is 9.72 Å². The zero-order chi connectivity index (χ0) is 13.8. The summed E-state index contributed by atoms with van der Waals surface area (Å²) < 4.78 is 5.66. The molecule has 5 heteroatoms. The number of hydrogen-bond acceptors (Lipinski definition) is 4. The first kappa shape index (κ1) is 13.7. The molecule has 0 saturated carbocycles. The summed E-state index contributed by atoms with van der Waals surface area (Å²) >= 11 is 5.20. The molecule has 2 rings (SSSR count). The number of ether oxygens (including phenoxy) is 1. The molecule has 0 fully saturated rings. The number of pyridine rings is 1. The van der Waals surface area contributed by atoms with E-state index in [0.29, 0.717) is 22.9 Å². The van der Waals surface area contributed by atoms with Crippen molar-refractivity contribution in [2.45, 2.75) is 26.2 Å². The second-order valence-corrected chi connectivity index (χ2v) is 5.08. The minimum atomic E-state index is 0.400. The highest BCUT2D eigenvalue weighted by Crippen LogP contribution is 2.14. The first-order chi connectivity index (χ1) is 9.08. The Labute approximate surface area is 117 Å². The van der Waals surface area contributed by atoms with Crippen molar-refractivity contribution in [2.75, 3.05) is 7.11 Å². The molecule has 0 atom stereocenters. The van der Waals surface area contributed by atoms with Crippen LogP contribution in [0, 0.1) is 4.64 Å². The average molecular weight is 275 g/mol. The third-order valence-electron chi connectivity index (χ3n) is 2.81. The van der Waals surface area contributed by atoms with Crippen LogP contribution in [0.3, 0.4) is 0 Å². The number of hydrogen-bond donors (Lipinski definition) is 1. The zero-order valence-corrected chi connectivity index (χ0v) is 12.1. The third kappa shape index (κ3) is 3.61. The van der Waals surface area contributed by atoms with Gasteiger partial charge in [0.25, 0.3) is 0 Å². The van der Waals surface area contributed by atoms with Gasteiger partial charge in [0.1, 0.15) is 10.5 Å². The maximum Gasteiger partial charge on any atom is 0.212 e. The summed E-state index contributed by atoms with van der Waals surface area (Å²) in [6, 6.07) is 5.73. The predicted molar refractivity (Wildman–Crippen MR) is 77.1 cm³/mol. The molecule has 0 aliphatic rings. The molecule has 0 unspecified atom stereocenters. The zero-order valence-electron chi connectivity index (χ0n) is 11.3. The summed E-state index contributed by atoms with van der Waals surface area (Å²) in [4.78, 5) is 11.9. The third-order valence-corrected chi connectivity index (χ3v) is 3.02. The van der Waals surface area contributed by atoms with E-state index >= 15 is 0 Å². The summed E-state index contributed by atoms with van der Waals surface area (Å²) in [6.07, 6.45) is 2.47. The van der Waals surface area contributed by atoms with Gasteiger partial charge in [-0.15, -0.1) is 0 Å². The lowest BCUT2D eigenvalue weighted by Crippen LogP contribution is -2.02. The van der Waals surface area contributed by atoms with Crippen molar-refractivity contribution in [3.63, 3.8) is 0 Å². The van der Waals surface area contributed by atoms with E-state index in [2.05, 4.69) is 28.8 Å². The molecule has 4 nitrogen and oxygen atoms in total. The monoisotopic (exact) mass is 275 g/mol. The Morgan fingerprint density at radius 2 is 2.16 bits per heavy atom. The van der Waals surface area contributed by atoms with Crippen molar-refractivity contribution in [1.82, 2.24) is 15.0 Å². The van der Waals surface area contributed by atoms with Crippen molar-refractivity contribution < 1.29 is 4.74 Å². The number of H-pyrrole nitrogens is 1. The van der Waals surface area contributed by atoms with Gasteiger partial charge in [-0.2, -0.15) is 0 Å². The molecule has 19 heavy (non-hydrogen) atoms. The molecule has 0 aromatic carbocycles. The highest BCUT2D eigenvalue weighted by atomic mass is 32.1. The van der Waals surface area contributed by atoms with Crippen LogP contribution in [-0.4, -0.2) is 22.1 Å². The number of rotatable bonds is 4. The lowest BCUT2D eigenvalue weighted by Gasteiger charge is -2.08. The van der Waals surface area contributed by atoms with Crippen LogP contribution in [0.5, 0.6) is 5.88 Å². The van der Waals surface area contributed by atoms with E-state index in [1.54, 1.807) is 13.3 Å². The van der Waals surface area contributed by atoms with E-state index in [4.69, 9.17) is 17.0 Å². The Morgan fingerprint density at radius 1 is 1.37 bits per heavy atom. The van der Waals surface area contributed by atoms with Crippen LogP contribution < -0.4 is 4.74 Å². The maximum absolute atomic E-state index is 5.20. The van der Waals surface area contributed by atoms with Gasteiger partial charge in [-0.3, -0.25) is 0 Å². The lowest BCUT2D eigenvalue weighted by molar-refractivity contribution is 0.397. The second-order valence-electron chi connectivity index (χ2n) is 4.66. The molecule has 0 aliphatic heterocycles. The SMILES string of the molecule is COc1ccc(Cc2nc(=S)cc(C(C)C)[nH]2)cn1. The highest BCUT2D eigenvalue weighted by molar-refractivity contribution is 7.71. The molecule has 0 saturated heterocycles. The Bertz CT molecular complexity index is 605. The first-order valence-corrected chi connectivity index (χ1v) is 6.58. The number of nitrogens with one attached hydrogen (secondary N) is 1. The fraction of sp³-hybridized carbons (Fsp3) is 0.357. The fourth-order valence-corrected chi connectivity index (χ4v) is 1.99. The Balaban J connectivity index is 2.24. The molecule has 100 valence electrons. The van der Waals surface area contributed by atoms with Crippen LogP contribution >= 0.6 is 12.2 Å². The average Bonchev–Trinajstić information content (AvgIpc) is 2.39. The molecular weight excluding hydrogens is 258 g/mol. The minimum absolute atomic E-state index is 0.400. The second kappa shape index (κ2) is 5.93. The normalized spacial score (nSPS) is 10.7. The van der Waals surface area contributed by atoms with Crippen molar-refractivity contribution in [3.8, 4) is 5.88 Å². The number of methoxy groups -OCH3 is 1. The first-order valence-electron chi connectivity index (χ1n) is 6.17. The molecule has 0 radical (unpaired) electrons. The molecule has 0 aliphatic carbocycles. The van der Waals surface area contributed by atoms with E-state index in [1.165, 1.54) is 0 Å². The molecule has 2 heterocycles. The number of aromatic nitrogens is 3. The summed E-state index contributed by atoms with van der Waals surface area (Å²) in [5.41, 5.74) is 2.18. The standard InChI is InChI=1S/C14H17N3OS/c1-9(2)11-7-14(19)17-12(16-11)6-10-4-5-13(18-3)15-8-10/h4-5,7-9H,6H2,1-3H3,(H,16,17,19). The molecular formula is C14H17N3OS. The molecule has 2 aromatic rings. The van der Waals surface area contributed by atoms with Crippen molar-refractivity contribution in [3.05, 3.63) is 46.1 Å². The van der Waals surface area contributed by atoms with Gasteiger partial charge in [0, 0.05) is 24.4 Å². The molecule has 0 amide bonds. The van der Waals surface area contributed by atoms with Crippen molar-refractivity contribution in [1.29, 1.82) is 0 Å².